The van der Waals surface area contributed by atoms with Crippen LogP contribution in [-0.4, -0.2) is 10.9 Å². The van der Waals surface area contributed by atoms with Crippen LogP contribution in [0.4, 0.5) is 4.39 Å². The van der Waals surface area contributed by atoms with Crippen molar-refractivity contribution in [3.05, 3.63) is 58.0 Å². The first-order valence-corrected chi connectivity index (χ1v) is 7.92. The number of amides is 1. The highest BCUT2D eigenvalue weighted by Gasteiger charge is 2.24. The fourth-order valence-electron chi connectivity index (χ4n) is 3.65. The van der Waals surface area contributed by atoms with Crippen molar-refractivity contribution in [1.82, 2.24) is 10.3 Å². The molecule has 0 saturated heterocycles. The lowest BCUT2D eigenvalue weighted by molar-refractivity contribution is 0.100. The molecule has 0 unspecified atom stereocenters. The highest BCUT2D eigenvalue weighted by molar-refractivity contribution is 6.11. The highest BCUT2D eigenvalue weighted by atomic mass is 19.1. The number of fused-ring (bicyclic) bond motifs is 2. The smallest absolute Gasteiger partial charge is 0.250 e. The van der Waals surface area contributed by atoms with Crippen LogP contribution in [0, 0.1) is 19.7 Å². The molecule has 1 aromatic heterocycles. The van der Waals surface area contributed by atoms with Gasteiger partial charge in [-0.25, -0.2) is 4.39 Å². The van der Waals surface area contributed by atoms with Crippen molar-refractivity contribution in [2.45, 2.75) is 26.9 Å². The minimum absolute atomic E-state index is 0.188. The Morgan fingerprint density at radius 1 is 1.25 bits per heavy atom. The summed E-state index contributed by atoms with van der Waals surface area (Å²) in [6, 6.07) is 7.19. The maximum absolute atomic E-state index is 15.0. The lowest BCUT2D eigenvalue weighted by atomic mass is 9.91. The van der Waals surface area contributed by atoms with Gasteiger partial charge in [-0.15, -0.1) is 0 Å². The Morgan fingerprint density at radius 3 is 2.79 bits per heavy atom. The Kier molecular flexibility index (Phi) is 3.21. The molecule has 0 bridgehead atoms. The number of halogens is 1. The lowest BCUT2D eigenvalue weighted by Crippen LogP contribution is -2.12. The van der Waals surface area contributed by atoms with Crippen LogP contribution >= 0.6 is 0 Å². The van der Waals surface area contributed by atoms with Gasteiger partial charge in [-0.05, 0) is 42.2 Å². The molecule has 0 spiro atoms. The summed E-state index contributed by atoms with van der Waals surface area (Å²) in [5, 5.41) is 4.05. The minimum Gasteiger partial charge on any atom is -0.366 e. The van der Waals surface area contributed by atoms with Gasteiger partial charge in [0, 0.05) is 29.7 Å². The molecule has 0 saturated carbocycles. The van der Waals surface area contributed by atoms with Gasteiger partial charge in [-0.3, -0.25) is 4.79 Å². The molecular weight excluding hydrogens is 305 g/mol. The molecule has 5 heteroatoms. The van der Waals surface area contributed by atoms with Gasteiger partial charge < -0.3 is 16.0 Å². The van der Waals surface area contributed by atoms with Crippen molar-refractivity contribution in [3.63, 3.8) is 0 Å². The van der Waals surface area contributed by atoms with Gasteiger partial charge in [0.05, 0.1) is 11.1 Å². The van der Waals surface area contributed by atoms with Crippen molar-refractivity contribution in [3.8, 4) is 11.1 Å². The van der Waals surface area contributed by atoms with E-state index >= 15 is 4.39 Å². The molecule has 2 aromatic carbocycles. The number of carbonyl (C=O) groups is 1. The number of carbonyl (C=O) groups excluding carboxylic acids is 1. The van der Waals surface area contributed by atoms with Crippen molar-refractivity contribution in [2.75, 3.05) is 0 Å². The first kappa shape index (κ1) is 14.9. The molecule has 4 nitrogen and oxygen atoms in total. The maximum Gasteiger partial charge on any atom is 0.250 e. The van der Waals surface area contributed by atoms with Gasteiger partial charge in [0.25, 0.3) is 5.91 Å². The van der Waals surface area contributed by atoms with E-state index < -0.39 is 11.7 Å². The third-order valence-corrected chi connectivity index (χ3v) is 4.95. The zero-order chi connectivity index (χ0) is 17.0. The molecule has 4 rings (SSSR count). The Morgan fingerprint density at radius 2 is 2.04 bits per heavy atom. The zero-order valence-electron chi connectivity index (χ0n) is 13.6. The van der Waals surface area contributed by atoms with E-state index in [0.29, 0.717) is 17.6 Å². The largest absolute Gasteiger partial charge is 0.366 e. The number of nitrogens with two attached hydrogens (primary N) is 1. The molecule has 0 atom stereocenters. The summed E-state index contributed by atoms with van der Waals surface area (Å²) in [6.45, 7) is 5.35. The van der Waals surface area contributed by atoms with Crippen LogP contribution in [0.3, 0.4) is 0 Å². The number of aryl methyl sites for hydroxylation is 2. The van der Waals surface area contributed by atoms with Gasteiger partial charge in [0.2, 0.25) is 0 Å². The fraction of sp³-hybridized carbons (Fsp3) is 0.211. The highest BCUT2D eigenvalue weighted by Crippen LogP contribution is 2.39. The zero-order valence-corrected chi connectivity index (χ0v) is 13.6. The maximum atomic E-state index is 15.0. The predicted octanol–water partition coefficient (Wildman–Crippen LogP) is 3.29. The summed E-state index contributed by atoms with van der Waals surface area (Å²) in [5.74, 6) is -1.05. The summed E-state index contributed by atoms with van der Waals surface area (Å²) in [4.78, 5) is 14.9. The second kappa shape index (κ2) is 5.18. The number of aromatic nitrogens is 1. The quantitative estimate of drug-likeness (QED) is 0.677. The third kappa shape index (κ3) is 1.98. The van der Waals surface area contributed by atoms with E-state index in [-0.39, 0.29) is 5.56 Å². The van der Waals surface area contributed by atoms with Crippen LogP contribution in [0.1, 0.15) is 32.7 Å². The van der Waals surface area contributed by atoms with Crippen LogP contribution in [0.5, 0.6) is 0 Å². The molecule has 2 heterocycles. The molecule has 24 heavy (non-hydrogen) atoms. The molecule has 1 amide bonds. The van der Waals surface area contributed by atoms with Gasteiger partial charge in [0.15, 0.2) is 0 Å². The second-order valence-corrected chi connectivity index (χ2v) is 6.32. The van der Waals surface area contributed by atoms with Crippen molar-refractivity contribution < 1.29 is 9.18 Å². The van der Waals surface area contributed by atoms with E-state index in [0.717, 1.165) is 34.3 Å². The monoisotopic (exact) mass is 323 g/mol. The number of nitrogens with one attached hydrogen (secondary N) is 2. The number of H-pyrrole nitrogens is 1. The van der Waals surface area contributed by atoms with Crippen LogP contribution in [0.2, 0.25) is 0 Å². The van der Waals surface area contributed by atoms with Crippen LogP contribution in [0.25, 0.3) is 22.0 Å². The Hall–Kier alpha value is -2.66. The summed E-state index contributed by atoms with van der Waals surface area (Å²) in [7, 11) is 0. The molecule has 0 radical (unpaired) electrons. The Bertz CT molecular complexity index is 1000. The number of hydrogen-bond acceptors (Lipinski definition) is 2. The summed E-state index contributed by atoms with van der Waals surface area (Å²) in [6.07, 6.45) is 0. The van der Waals surface area contributed by atoms with Crippen LogP contribution < -0.4 is 11.1 Å². The summed E-state index contributed by atoms with van der Waals surface area (Å²) in [5.41, 5.74) is 11.8. The molecule has 122 valence electrons. The number of aromatic amines is 1. The lowest BCUT2D eigenvalue weighted by Gasteiger charge is -2.13. The first-order chi connectivity index (χ1) is 11.5. The molecule has 3 aromatic rings. The molecule has 0 aliphatic carbocycles. The van der Waals surface area contributed by atoms with E-state index in [9.17, 15) is 4.79 Å². The Labute approximate surface area is 138 Å². The average molecular weight is 323 g/mol. The van der Waals surface area contributed by atoms with Crippen molar-refractivity contribution in [2.24, 2.45) is 5.73 Å². The third-order valence-electron chi connectivity index (χ3n) is 4.95. The van der Waals surface area contributed by atoms with Gasteiger partial charge in [-0.1, -0.05) is 18.2 Å². The van der Waals surface area contributed by atoms with Crippen LogP contribution in [0.15, 0.2) is 24.3 Å². The normalized spacial score (nSPS) is 13.5. The van der Waals surface area contributed by atoms with Gasteiger partial charge >= 0.3 is 0 Å². The number of primary amides is 1. The van der Waals surface area contributed by atoms with Crippen LogP contribution in [-0.2, 0) is 13.1 Å². The Balaban J connectivity index is 2.14. The standard InChI is InChI=1S/C19H18FN3O/c1-9-10(2)23-18-13(19(21)24)6-15(20)17(16(9)18)12-5-3-4-11-7-22-8-14(11)12/h3-6,22-23H,7-8H2,1-2H3,(H2,21,24). The first-order valence-electron chi connectivity index (χ1n) is 7.92. The molecule has 1 aliphatic rings. The fourth-order valence-corrected chi connectivity index (χ4v) is 3.65. The topological polar surface area (TPSA) is 70.9 Å². The molecular formula is C19H18FN3O. The molecule has 0 fully saturated rings. The number of rotatable bonds is 2. The van der Waals surface area contributed by atoms with Crippen molar-refractivity contribution >= 4 is 16.8 Å². The van der Waals surface area contributed by atoms with Crippen molar-refractivity contribution in [1.29, 1.82) is 0 Å². The van der Waals surface area contributed by atoms with E-state index in [1.54, 1.807) is 0 Å². The molecule has 1 aliphatic heterocycles. The number of hydrogen-bond donors (Lipinski definition) is 3. The van der Waals surface area contributed by atoms with Gasteiger partial charge in [-0.2, -0.15) is 0 Å². The second-order valence-electron chi connectivity index (χ2n) is 6.32. The molecule has 4 N–H and O–H groups in total. The minimum atomic E-state index is -0.633. The predicted molar refractivity (Wildman–Crippen MR) is 92.2 cm³/mol. The van der Waals surface area contributed by atoms with E-state index in [1.807, 2.05) is 26.0 Å². The summed E-state index contributed by atoms with van der Waals surface area (Å²) >= 11 is 0. The SMILES string of the molecule is Cc1[nH]c2c(C(N)=O)cc(F)c(-c3cccc4c3CNC4)c2c1C. The average Bonchev–Trinajstić information content (AvgIpc) is 3.13. The van der Waals surface area contributed by atoms with Gasteiger partial charge in [0.1, 0.15) is 5.82 Å². The summed E-state index contributed by atoms with van der Waals surface area (Å²) < 4.78 is 15.0. The van der Waals surface area contributed by atoms with E-state index in [4.69, 9.17) is 5.73 Å². The van der Waals surface area contributed by atoms with E-state index in [1.165, 1.54) is 11.6 Å². The number of benzene rings is 2. The van der Waals surface area contributed by atoms with E-state index in [2.05, 4.69) is 16.4 Å².